The Kier molecular flexibility index (Phi) is 11.0. The van der Waals surface area contributed by atoms with E-state index in [2.05, 4.69) is 25.6 Å². The quantitative estimate of drug-likeness (QED) is 0.174. The molecular weight excluding hydrogens is 491 g/mol. The fourth-order valence-electron chi connectivity index (χ4n) is 2.44. The first-order chi connectivity index (χ1) is 13.0. The number of ether oxygens (including phenoxy) is 1. The lowest BCUT2D eigenvalue weighted by atomic mass is 10.3. The van der Waals surface area contributed by atoms with Crippen molar-refractivity contribution >= 4 is 47.2 Å². The lowest BCUT2D eigenvalue weighted by Crippen LogP contribution is -2.38. The number of aliphatic imine (C=N–C) groups is 1. The van der Waals surface area contributed by atoms with Crippen molar-refractivity contribution in [2.45, 2.75) is 46.7 Å². The molecule has 0 aromatic carbocycles. The molecule has 0 aliphatic carbocycles. The van der Waals surface area contributed by atoms with Crippen molar-refractivity contribution in [3.8, 4) is 0 Å². The van der Waals surface area contributed by atoms with Gasteiger partial charge in [0.1, 0.15) is 9.88 Å². The molecule has 8 nitrogen and oxygen atoms in total. The molecule has 2 rings (SSSR count). The van der Waals surface area contributed by atoms with Crippen LogP contribution < -0.4 is 10.6 Å². The largest absolute Gasteiger partial charge is 0.462 e. The molecular formula is C18H29IN6O2S. The number of hydrogen-bond donors (Lipinski definition) is 2. The summed E-state index contributed by atoms with van der Waals surface area (Å²) in [6, 6.07) is -0.0664. The molecule has 0 fully saturated rings. The van der Waals surface area contributed by atoms with Gasteiger partial charge in [0.25, 0.3) is 0 Å². The van der Waals surface area contributed by atoms with Crippen molar-refractivity contribution in [1.82, 2.24) is 25.2 Å². The average Bonchev–Trinajstić information content (AvgIpc) is 3.28. The van der Waals surface area contributed by atoms with Crippen LogP contribution in [0.4, 0.5) is 0 Å². The monoisotopic (exact) mass is 520 g/mol. The van der Waals surface area contributed by atoms with E-state index in [-0.39, 0.29) is 36.0 Å². The summed E-state index contributed by atoms with van der Waals surface area (Å²) in [6.45, 7) is 10.4. The molecule has 2 heterocycles. The highest BCUT2D eigenvalue weighted by molar-refractivity contribution is 14.0. The summed E-state index contributed by atoms with van der Waals surface area (Å²) in [5.74, 6) is 0.423. The lowest BCUT2D eigenvalue weighted by molar-refractivity contribution is 0.0531. The van der Waals surface area contributed by atoms with Crippen LogP contribution in [-0.2, 0) is 11.3 Å². The number of aromatic nitrogens is 3. The Bertz CT molecular complexity index is 747. The van der Waals surface area contributed by atoms with Gasteiger partial charge in [-0.1, -0.05) is 0 Å². The van der Waals surface area contributed by atoms with Gasteiger partial charge in [-0.2, -0.15) is 0 Å². The second kappa shape index (κ2) is 12.7. The van der Waals surface area contributed by atoms with Gasteiger partial charge in [-0.05, 0) is 34.1 Å². The number of aryl methyl sites for hydroxylation is 2. The van der Waals surface area contributed by atoms with Crippen molar-refractivity contribution in [2.24, 2.45) is 4.99 Å². The van der Waals surface area contributed by atoms with Gasteiger partial charge in [-0.25, -0.2) is 14.8 Å². The zero-order valence-corrected chi connectivity index (χ0v) is 19.9. The molecule has 10 heteroatoms. The molecule has 1 unspecified atom stereocenters. The number of guanidine groups is 1. The number of thiazole rings is 1. The van der Waals surface area contributed by atoms with Crippen LogP contribution in [0.5, 0.6) is 0 Å². The Morgan fingerprint density at radius 1 is 1.43 bits per heavy atom. The molecule has 2 aromatic heterocycles. The smallest absolute Gasteiger partial charge is 0.350 e. The molecule has 1 atom stereocenters. The highest BCUT2D eigenvalue weighted by Gasteiger charge is 2.20. The molecule has 2 aromatic rings. The Balaban J connectivity index is 0.00000392. The van der Waals surface area contributed by atoms with Crippen LogP contribution in [0.1, 0.15) is 53.6 Å². The summed E-state index contributed by atoms with van der Waals surface area (Å²) >= 11 is 1.36. The van der Waals surface area contributed by atoms with Crippen molar-refractivity contribution < 1.29 is 9.53 Å². The van der Waals surface area contributed by atoms with Gasteiger partial charge in [0.2, 0.25) is 0 Å². The number of carbonyl (C=O) groups excluding carboxylic acids is 1. The maximum Gasteiger partial charge on any atom is 0.350 e. The van der Waals surface area contributed by atoms with Gasteiger partial charge in [-0.15, -0.1) is 35.3 Å². The van der Waals surface area contributed by atoms with E-state index in [1.54, 1.807) is 19.4 Å². The van der Waals surface area contributed by atoms with E-state index in [1.807, 2.05) is 31.5 Å². The van der Waals surface area contributed by atoms with E-state index in [0.29, 0.717) is 23.7 Å². The molecule has 0 aliphatic rings. The molecule has 0 bridgehead atoms. The predicted molar refractivity (Wildman–Crippen MR) is 123 cm³/mol. The summed E-state index contributed by atoms with van der Waals surface area (Å²) in [5.41, 5.74) is 0.698. The maximum absolute atomic E-state index is 12.0. The summed E-state index contributed by atoms with van der Waals surface area (Å²) in [6.07, 6.45) is 6.45. The molecule has 0 spiro atoms. The van der Waals surface area contributed by atoms with E-state index in [1.165, 1.54) is 11.3 Å². The number of hydrogen-bond acceptors (Lipinski definition) is 6. The average molecular weight is 520 g/mol. The number of esters is 1. The van der Waals surface area contributed by atoms with Crippen molar-refractivity contribution in [3.63, 3.8) is 0 Å². The van der Waals surface area contributed by atoms with Crippen LogP contribution in [-0.4, -0.2) is 46.2 Å². The van der Waals surface area contributed by atoms with Gasteiger partial charge < -0.3 is 19.9 Å². The van der Waals surface area contributed by atoms with Crippen molar-refractivity contribution in [1.29, 1.82) is 0 Å². The van der Waals surface area contributed by atoms with Gasteiger partial charge in [0, 0.05) is 32.0 Å². The lowest BCUT2D eigenvalue weighted by Gasteiger charge is -2.16. The standard InChI is InChI=1S/C18H28N6O2S.HI/c1-5-20-18(21-8-7-10-24-11-9-19-12-24)23-14(4)16-22-13(3)15(27-16)17(25)26-6-2;/h9,11-12,14H,5-8,10H2,1-4H3,(H2,20,21,23);1H. The number of nitrogens with zero attached hydrogens (tertiary/aromatic N) is 4. The summed E-state index contributed by atoms with van der Waals surface area (Å²) < 4.78 is 7.12. The second-order valence-corrected chi connectivity index (χ2v) is 7.00. The van der Waals surface area contributed by atoms with Gasteiger partial charge in [-0.3, -0.25) is 4.99 Å². The van der Waals surface area contributed by atoms with Crippen LogP contribution in [0.3, 0.4) is 0 Å². The fraction of sp³-hybridized carbons (Fsp3) is 0.556. The molecule has 156 valence electrons. The third-order valence-corrected chi connectivity index (χ3v) is 5.07. The van der Waals surface area contributed by atoms with Crippen molar-refractivity contribution in [3.05, 3.63) is 34.3 Å². The van der Waals surface area contributed by atoms with Crippen molar-refractivity contribution in [2.75, 3.05) is 19.7 Å². The van der Waals surface area contributed by atoms with Gasteiger partial charge in [0.15, 0.2) is 5.96 Å². The van der Waals surface area contributed by atoms with Gasteiger partial charge in [0.05, 0.1) is 24.7 Å². The molecule has 0 radical (unpaired) electrons. The molecule has 28 heavy (non-hydrogen) atoms. The molecule has 0 aliphatic heterocycles. The van der Waals surface area contributed by atoms with Crippen LogP contribution in [0.15, 0.2) is 23.7 Å². The summed E-state index contributed by atoms with van der Waals surface area (Å²) in [5, 5.41) is 7.43. The maximum atomic E-state index is 12.0. The number of nitrogens with one attached hydrogen (secondary N) is 2. The minimum absolute atomic E-state index is 0. The molecule has 0 saturated carbocycles. The number of carbonyl (C=O) groups is 1. The van der Waals surface area contributed by atoms with Crippen LogP contribution in [0.25, 0.3) is 0 Å². The summed E-state index contributed by atoms with van der Waals surface area (Å²) in [4.78, 5) is 25.7. The Morgan fingerprint density at radius 3 is 2.86 bits per heavy atom. The number of rotatable bonds is 9. The zero-order chi connectivity index (χ0) is 19.6. The third kappa shape index (κ3) is 7.38. The molecule has 2 N–H and O–H groups in total. The number of imidazole rings is 1. The first kappa shape index (κ1) is 24.3. The van der Waals surface area contributed by atoms with Crippen LogP contribution >= 0.6 is 35.3 Å². The first-order valence-electron chi connectivity index (χ1n) is 9.20. The van der Waals surface area contributed by atoms with E-state index >= 15 is 0 Å². The van der Waals surface area contributed by atoms with E-state index in [4.69, 9.17) is 4.74 Å². The zero-order valence-electron chi connectivity index (χ0n) is 16.8. The summed E-state index contributed by atoms with van der Waals surface area (Å²) in [7, 11) is 0. The minimum atomic E-state index is -0.314. The van der Waals surface area contributed by atoms with Crippen LogP contribution in [0, 0.1) is 6.92 Å². The number of halogens is 1. The van der Waals surface area contributed by atoms with E-state index in [0.717, 1.165) is 30.5 Å². The highest BCUT2D eigenvalue weighted by Crippen LogP contribution is 2.24. The van der Waals surface area contributed by atoms with E-state index in [9.17, 15) is 4.79 Å². The Labute approximate surface area is 187 Å². The van der Waals surface area contributed by atoms with Gasteiger partial charge >= 0.3 is 5.97 Å². The first-order valence-corrected chi connectivity index (χ1v) is 10.0. The highest BCUT2D eigenvalue weighted by atomic mass is 127. The van der Waals surface area contributed by atoms with E-state index < -0.39 is 0 Å². The minimum Gasteiger partial charge on any atom is -0.462 e. The Hall–Kier alpha value is -1.69. The molecule has 0 saturated heterocycles. The third-order valence-electron chi connectivity index (χ3n) is 3.75. The SMILES string of the molecule is CCNC(=NCCCn1ccnc1)NC(C)c1nc(C)c(C(=O)OCC)s1.I. The predicted octanol–water partition coefficient (Wildman–Crippen LogP) is 3.15. The Morgan fingerprint density at radius 2 is 2.21 bits per heavy atom. The van der Waals surface area contributed by atoms with Crippen LogP contribution in [0.2, 0.25) is 0 Å². The topological polar surface area (TPSA) is 93.4 Å². The molecule has 0 amide bonds. The normalized spacial score (nSPS) is 12.2. The second-order valence-electron chi connectivity index (χ2n) is 5.97. The fourth-order valence-corrected chi connectivity index (χ4v) is 3.40.